The van der Waals surface area contributed by atoms with Crippen molar-refractivity contribution in [2.24, 2.45) is 0 Å². The molecule has 1 atom stereocenters. The molecular weight excluding hydrogens is 478 g/mol. The Morgan fingerprint density at radius 3 is 2.25 bits per heavy atom. The van der Waals surface area contributed by atoms with Gasteiger partial charge in [-0.25, -0.2) is 4.98 Å². The van der Waals surface area contributed by atoms with Crippen molar-refractivity contribution < 1.29 is 9.53 Å². The second-order valence-corrected chi connectivity index (χ2v) is 14.7. The van der Waals surface area contributed by atoms with Crippen molar-refractivity contribution in [1.82, 2.24) is 4.98 Å². The van der Waals surface area contributed by atoms with E-state index < -0.39 is 8.80 Å². The summed E-state index contributed by atoms with van der Waals surface area (Å²) in [5.41, 5.74) is 4.38. The predicted molar refractivity (Wildman–Crippen MR) is 158 cm³/mol. The van der Waals surface area contributed by atoms with Crippen LogP contribution in [-0.2, 0) is 11.2 Å². The van der Waals surface area contributed by atoms with E-state index in [1.54, 1.807) is 11.3 Å². The van der Waals surface area contributed by atoms with E-state index in [4.69, 9.17) is 4.74 Å². The summed E-state index contributed by atoms with van der Waals surface area (Å²) >= 11 is 1.69. The van der Waals surface area contributed by atoms with Crippen LogP contribution in [0.1, 0.15) is 77.2 Å². The summed E-state index contributed by atoms with van der Waals surface area (Å²) in [6.07, 6.45) is 13.5. The minimum absolute atomic E-state index is 0.118. The SMILES string of the molecule is CCCCCCc1ccc(-c2ncc(-c3ccc(OC(=O)CCC(CCCC)[SiH](C)C)cc3)s2)cc1. The molecule has 0 radical (unpaired) electrons. The molecule has 1 heterocycles. The molecule has 36 heavy (non-hydrogen) atoms. The van der Waals surface area contributed by atoms with Gasteiger partial charge in [0, 0.05) is 27.0 Å². The van der Waals surface area contributed by atoms with Crippen LogP contribution in [0.5, 0.6) is 5.75 Å². The Bertz CT molecular complexity index is 1040. The molecule has 194 valence electrons. The third-order valence-corrected chi connectivity index (χ3v) is 10.6. The number of aromatic nitrogens is 1. The highest BCUT2D eigenvalue weighted by Crippen LogP contribution is 2.33. The second-order valence-electron chi connectivity index (χ2n) is 10.2. The van der Waals surface area contributed by atoms with Crippen LogP contribution in [-0.4, -0.2) is 19.8 Å². The number of ether oxygens (including phenoxy) is 1. The Labute approximate surface area is 223 Å². The van der Waals surface area contributed by atoms with E-state index in [9.17, 15) is 4.79 Å². The first-order chi connectivity index (χ1) is 17.5. The molecule has 1 unspecified atom stereocenters. The lowest BCUT2D eigenvalue weighted by atomic mass is 10.0. The number of rotatable bonds is 15. The number of esters is 1. The molecular formula is C31H43NO2SSi. The van der Waals surface area contributed by atoms with Crippen molar-refractivity contribution in [2.45, 2.75) is 96.7 Å². The van der Waals surface area contributed by atoms with Crippen molar-refractivity contribution in [3.8, 4) is 26.8 Å². The molecule has 0 amide bonds. The van der Waals surface area contributed by atoms with E-state index in [1.165, 1.54) is 50.5 Å². The van der Waals surface area contributed by atoms with Gasteiger partial charge < -0.3 is 4.74 Å². The number of hydrogen-bond donors (Lipinski definition) is 0. The van der Waals surface area contributed by atoms with E-state index in [-0.39, 0.29) is 5.97 Å². The van der Waals surface area contributed by atoms with E-state index in [2.05, 4.69) is 56.2 Å². The van der Waals surface area contributed by atoms with Crippen molar-refractivity contribution in [3.63, 3.8) is 0 Å². The topological polar surface area (TPSA) is 39.2 Å². The molecule has 0 aliphatic heterocycles. The highest BCUT2D eigenvalue weighted by atomic mass is 32.1. The molecule has 0 fully saturated rings. The van der Waals surface area contributed by atoms with Gasteiger partial charge in [0.1, 0.15) is 10.8 Å². The first-order valence-corrected chi connectivity index (χ1v) is 17.7. The number of carbonyl (C=O) groups is 1. The molecule has 0 aliphatic carbocycles. The van der Waals surface area contributed by atoms with Gasteiger partial charge in [-0.3, -0.25) is 4.79 Å². The molecule has 2 aromatic carbocycles. The van der Waals surface area contributed by atoms with Gasteiger partial charge in [-0.05, 0) is 60.2 Å². The Morgan fingerprint density at radius 2 is 1.58 bits per heavy atom. The van der Waals surface area contributed by atoms with E-state index in [0.29, 0.717) is 12.2 Å². The lowest BCUT2D eigenvalue weighted by molar-refractivity contribution is -0.134. The number of hydrogen-bond acceptors (Lipinski definition) is 4. The fraction of sp³-hybridized carbons (Fsp3) is 0.484. The molecule has 3 rings (SSSR count). The minimum Gasteiger partial charge on any atom is -0.427 e. The number of carbonyl (C=O) groups excluding carboxylic acids is 1. The van der Waals surface area contributed by atoms with Crippen molar-refractivity contribution in [1.29, 1.82) is 0 Å². The third-order valence-electron chi connectivity index (χ3n) is 6.99. The Kier molecular flexibility index (Phi) is 11.9. The molecule has 3 nitrogen and oxygen atoms in total. The van der Waals surface area contributed by atoms with Crippen LogP contribution in [0.4, 0.5) is 0 Å². The molecule has 0 saturated heterocycles. The summed E-state index contributed by atoms with van der Waals surface area (Å²) in [6.45, 7) is 9.26. The highest BCUT2D eigenvalue weighted by Gasteiger charge is 2.17. The minimum atomic E-state index is -0.746. The zero-order valence-electron chi connectivity index (χ0n) is 22.6. The molecule has 0 spiro atoms. The summed E-state index contributed by atoms with van der Waals surface area (Å²) < 4.78 is 5.63. The van der Waals surface area contributed by atoms with E-state index in [0.717, 1.165) is 39.4 Å². The lowest BCUT2D eigenvalue weighted by Gasteiger charge is -2.19. The molecule has 0 N–H and O–H groups in total. The molecule has 5 heteroatoms. The van der Waals surface area contributed by atoms with Gasteiger partial charge in [-0.1, -0.05) is 89.7 Å². The fourth-order valence-corrected chi connectivity index (χ4v) is 7.22. The number of thiazole rings is 1. The lowest BCUT2D eigenvalue weighted by Crippen LogP contribution is -2.16. The maximum absolute atomic E-state index is 12.4. The van der Waals surface area contributed by atoms with Gasteiger partial charge >= 0.3 is 5.97 Å². The van der Waals surface area contributed by atoms with Crippen LogP contribution in [0.15, 0.2) is 54.7 Å². The van der Waals surface area contributed by atoms with Crippen LogP contribution in [0.25, 0.3) is 21.0 Å². The molecule has 0 bridgehead atoms. The zero-order chi connectivity index (χ0) is 25.8. The average Bonchev–Trinajstić information content (AvgIpc) is 3.38. The van der Waals surface area contributed by atoms with Crippen LogP contribution in [0.2, 0.25) is 18.6 Å². The smallest absolute Gasteiger partial charge is 0.311 e. The van der Waals surface area contributed by atoms with Gasteiger partial charge in [0.15, 0.2) is 0 Å². The van der Waals surface area contributed by atoms with E-state index >= 15 is 0 Å². The number of benzene rings is 2. The summed E-state index contributed by atoms with van der Waals surface area (Å²) in [4.78, 5) is 18.2. The van der Waals surface area contributed by atoms with Crippen LogP contribution in [0.3, 0.4) is 0 Å². The average molecular weight is 522 g/mol. The maximum Gasteiger partial charge on any atom is 0.311 e. The largest absolute Gasteiger partial charge is 0.427 e. The third kappa shape index (κ3) is 9.01. The maximum atomic E-state index is 12.4. The highest BCUT2D eigenvalue weighted by molar-refractivity contribution is 7.18. The quantitative estimate of drug-likeness (QED) is 0.0865. The first-order valence-electron chi connectivity index (χ1n) is 13.9. The van der Waals surface area contributed by atoms with Crippen molar-refractivity contribution in [3.05, 3.63) is 60.3 Å². The van der Waals surface area contributed by atoms with Gasteiger partial charge in [0.2, 0.25) is 0 Å². The zero-order valence-corrected chi connectivity index (χ0v) is 24.6. The summed E-state index contributed by atoms with van der Waals surface area (Å²) in [5, 5.41) is 1.03. The summed E-state index contributed by atoms with van der Waals surface area (Å²) in [6, 6.07) is 16.7. The predicted octanol–water partition coefficient (Wildman–Crippen LogP) is 9.33. The van der Waals surface area contributed by atoms with Gasteiger partial charge in [0.25, 0.3) is 0 Å². The number of aryl methyl sites for hydroxylation is 1. The number of nitrogens with zero attached hydrogens (tertiary/aromatic N) is 1. The molecule has 3 aromatic rings. The van der Waals surface area contributed by atoms with Gasteiger partial charge in [-0.2, -0.15) is 0 Å². The standard InChI is InChI=1S/C31H43NO2SSi/c1-5-7-9-10-11-24-13-15-26(16-14-24)31-32-23-29(35-31)25-17-19-27(20-18-25)34-30(33)22-21-28(36(3)4)12-8-6-2/h13-20,23,28,36H,5-12,21-22H2,1-4H3. The monoisotopic (exact) mass is 521 g/mol. The Hall–Kier alpha value is -2.24. The fourth-order valence-electron chi connectivity index (χ4n) is 4.56. The Balaban J connectivity index is 1.52. The van der Waals surface area contributed by atoms with Crippen molar-refractivity contribution in [2.75, 3.05) is 0 Å². The summed E-state index contributed by atoms with van der Waals surface area (Å²) in [7, 11) is -0.746. The molecule has 0 saturated carbocycles. The van der Waals surface area contributed by atoms with Gasteiger partial charge in [-0.15, -0.1) is 11.3 Å². The van der Waals surface area contributed by atoms with Gasteiger partial charge in [0.05, 0.1) is 4.88 Å². The van der Waals surface area contributed by atoms with Crippen LogP contribution >= 0.6 is 11.3 Å². The normalized spacial score (nSPS) is 12.1. The molecule has 0 aliphatic rings. The van der Waals surface area contributed by atoms with Crippen LogP contribution in [0, 0.1) is 0 Å². The first kappa shape index (κ1) is 28.3. The second kappa shape index (κ2) is 15.1. The molecule has 1 aromatic heterocycles. The van der Waals surface area contributed by atoms with Crippen molar-refractivity contribution >= 4 is 26.1 Å². The Morgan fingerprint density at radius 1 is 0.889 bits per heavy atom. The number of unbranched alkanes of at least 4 members (excludes halogenated alkanes) is 4. The van der Waals surface area contributed by atoms with Crippen LogP contribution < -0.4 is 4.74 Å². The van der Waals surface area contributed by atoms with E-state index in [1.807, 2.05) is 30.5 Å². The summed E-state index contributed by atoms with van der Waals surface area (Å²) in [5.74, 6) is 0.502.